The summed E-state index contributed by atoms with van der Waals surface area (Å²) in [6, 6.07) is 2.15. The highest BCUT2D eigenvalue weighted by atomic mass is 15.3. The molecule has 98 valence electrons. The molecule has 0 fully saturated rings. The third-order valence-electron chi connectivity index (χ3n) is 3.10. The summed E-state index contributed by atoms with van der Waals surface area (Å²) in [4.78, 5) is 4.50. The highest BCUT2D eigenvalue weighted by Crippen LogP contribution is 2.20. The van der Waals surface area contributed by atoms with Gasteiger partial charge in [-0.2, -0.15) is 5.10 Å². The lowest BCUT2D eigenvalue weighted by molar-refractivity contribution is 0.510. The number of aromatic nitrogens is 4. The molecule has 2 aromatic heterocycles. The summed E-state index contributed by atoms with van der Waals surface area (Å²) >= 11 is 0. The zero-order chi connectivity index (χ0) is 13.0. The van der Waals surface area contributed by atoms with Crippen molar-refractivity contribution in [2.24, 2.45) is 7.05 Å². The lowest BCUT2D eigenvalue weighted by Crippen LogP contribution is -2.28. The molecule has 0 aliphatic heterocycles. The normalized spacial score (nSPS) is 12.8. The Hall–Kier alpha value is -1.62. The minimum atomic E-state index is 0.104. The molecule has 2 heterocycles. The molecule has 5 nitrogen and oxygen atoms in total. The molecule has 1 atom stereocenters. The standard InChI is InChI=1S/C13H21N5/c1-4-7-14-12(11-6-8-16-17(11)3)13-15-9-10-18(13)5-2/h6,8-10,12,14H,4-5,7H2,1-3H3. The molecule has 0 aromatic carbocycles. The molecule has 2 rings (SSSR count). The van der Waals surface area contributed by atoms with Gasteiger partial charge in [-0.15, -0.1) is 0 Å². The van der Waals surface area contributed by atoms with E-state index in [4.69, 9.17) is 0 Å². The minimum Gasteiger partial charge on any atom is -0.334 e. The number of imidazole rings is 1. The Morgan fingerprint density at radius 2 is 2.17 bits per heavy atom. The maximum atomic E-state index is 4.50. The number of hydrogen-bond acceptors (Lipinski definition) is 3. The first kappa shape index (κ1) is 12.8. The van der Waals surface area contributed by atoms with Gasteiger partial charge in [0.15, 0.2) is 0 Å². The molecule has 0 aliphatic carbocycles. The van der Waals surface area contributed by atoms with E-state index in [1.807, 2.05) is 36.4 Å². The van der Waals surface area contributed by atoms with Crippen LogP contribution in [0.1, 0.15) is 37.8 Å². The van der Waals surface area contributed by atoms with Crippen molar-refractivity contribution in [3.8, 4) is 0 Å². The van der Waals surface area contributed by atoms with Crippen LogP contribution < -0.4 is 5.32 Å². The molecule has 2 aromatic rings. The van der Waals surface area contributed by atoms with Gasteiger partial charge in [-0.3, -0.25) is 4.68 Å². The van der Waals surface area contributed by atoms with Crippen molar-refractivity contribution >= 4 is 0 Å². The van der Waals surface area contributed by atoms with Crippen molar-refractivity contribution in [3.05, 3.63) is 36.2 Å². The van der Waals surface area contributed by atoms with Crippen LogP contribution in [0, 0.1) is 0 Å². The van der Waals surface area contributed by atoms with Gasteiger partial charge >= 0.3 is 0 Å². The van der Waals surface area contributed by atoms with Crippen LogP contribution in [-0.2, 0) is 13.6 Å². The molecule has 0 saturated heterocycles. The second-order valence-corrected chi connectivity index (χ2v) is 4.34. The van der Waals surface area contributed by atoms with E-state index >= 15 is 0 Å². The first-order chi connectivity index (χ1) is 8.77. The lowest BCUT2D eigenvalue weighted by Gasteiger charge is -2.19. The van der Waals surface area contributed by atoms with Crippen LogP contribution in [0.15, 0.2) is 24.7 Å². The van der Waals surface area contributed by atoms with Crippen LogP contribution in [0.4, 0.5) is 0 Å². The van der Waals surface area contributed by atoms with Crippen LogP contribution >= 0.6 is 0 Å². The van der Waals surface area contributed by atoms with E-state index in [-0.39, 0.29) is 6.04 Å². The van der Waals surface area contributed by atoms with E-state index < -0.39 is 0 Å². The van der Waals surface area contributed by atoms with Gasteiger partial charge in [-0.1, -0.05) is 6.92 Å². The summed E-state index contributed by atoms with van der Waals surface area (Å²) in [6.07, 6.45) is 6.80. The Morgan fingerprint density at radius 3 is 2.78 bits per heavy atom. The van der Waals surface area contributed by atoms with Crippen LogP contribution in [-0.4, -0.2) is 25.9 Å². The number of hydrogen-bond donors (Lipinski definition) is 1. The molecular weight excluding hydrogens is 226 g/mol. The minimum absolute atomic E-state index is 0.104. The fraction of sp³-hybridized carbons (Fsp3) is 0.538. The van der Waals surface area contributed by atoms with Gasteiger partial charge in [0.1, 0.15) is 11.9 Å². The summed E-state index contributed by atoms with van der Waals surface area (Å²) < 4.78 is 4.07. The molecule has 1 unspecified atom stereocenters. The van der Waals surface area contributed by atoms with E-state index in [1.54, 1.807) is 0 Å². The van der Waals surface area contributed by atoms with Crippen molar-refractivity contribution in [3.63, 3.8) is 0 Å². The van der Waals surface area contributed by atoms with Crippen LogP contribution in [0.3, 0.4) is 0 Å². The molecule has 0 bridgehead atoms. The molecule has 0 spiro atoms. The topological polar surface area (TPSA) is 47.7 Å². The number of rotatable bonds is 6. The number of nitrogens with one attached hydrogen (secondary N) is 1. The third kappa shape index (κ3) is 2.46. The van der Waals surface area contributed by atoms with Gasteiger partial charge in [-0.25, -0.2) is 4.98 Å². The molecule has 0 amide bonds. The van der Waals surface area contributed by atoms with Crippen LogP contribution in [0.25, 0.3) is 0 Å². The number of nitrogens with zero attached hydrogens (tertiary/aromatic N) is 4. The van der Waals surface area contributed by atoms with Crippen LogP contribution in [0.5, 0.6) is 0 Å². The Morgan fingerprint density at radius 1 is 1.33 bits per heavy atom. The average Bonchev–Trinajstić information content (AvgIpc) is 2.99. The van der Waals surface area contributed by atoms with Crippen molar-refractivity contribution in [1.82, 2.24) is 24.6 Å². The smallest absolute Gasteiger partial charge is 0.132 e. The molecular formula is C13H21N5. The van der Waals surface area contributed by atoms with E-state index in [1.165, 1.54) is 0 Å². The monoisotopic (exact) mass is 247 g/mol. The van der Waals surface area contributed by atoms with Gasteiger partial charge in [0.05, 0.1) is 5.69 Å². The predicted octanol–water partition coefficient (Wildman–Crippen LogP) is 1.73. The first-order valence-electron chi connectivity index (χ1n) is 6.50. The lowest BCUT2D eigenvalue weighted by atomic mass is 10.2. The van der Waals surface area contributed by atoms with Gasteiger partial charge in [0.25, 0.3) is 0 Å². The maximum absolute atomic E-state index is 4.50. The van der Waals surface area contributed by atoms with Crippen molar-refractivity contribution in [2.75, 3.05) is 6.54 Å². The Balaban J connectivity index is 2.34. The second kappa shape index (κ2) is 5.82. The summed E-state index contributed by atoms with van der Waals surface area (Å²) in [6.45, 7) is 6.19. The summed E-state index contributed by atoms with van der Waals surface area (Å²) in [7, 11) is 1.97. The van der Waals surface area contributed by atoms with Crippen molar-refractivity contribution in [2.45, 2.75) is 32.9 Å². The SMILES string of the molecule is CCCNC(c1nccn1CC)c1ccnn1C. The zero-order valence-corrected chi connectivity index (χ0v) is 11.3. The Labute approximate surface area is 108 Å². The zero-order valence-electron chi connectivity index (χ0n) is 11.3. The molecule has 0 aliphatic rings. The van der Waals surface area contributed by atoms with E-state index in [0.29, 0.717) is 0 Å². The fourth-order valence-corrected chi connectivity index (χ4v) is 2.13. The maximum Gasteiger partial charge on any atom is 0.132 e. The van der Waals surface area contributed by atoms with Gasteiger partial charge < -0.3 is 9.88 Å². The van der Waals surface area contributed by atoms with Crippen LogP contribution in [0.2, 0.25) is 0 Å². The quantitative estimate of drug-likeness (QED) is 0.845. The Bertz CT molecular complexity index is 485. The molecule has 18 heavy (non-hydrogen) atoms. The molecule has 0 radical (unpaired) electrons. The van der Waals surface area contributed by atoms with Crippen molar-refractivity contribution in [1.29, 1.82) is 0 Å². The first-order valence-corrected chi connectivity index (χ1v) is 6.50. The van der Waals surface area contributed by atoms with Gasteiger partial charge in [0.2, 0.25) is 0 Å². The van der Waals surface area contributed by atoms with E-state index in [0.717, 1.165) is 31.0 Å². The molecule has 5 heteroatoms. The number of aryl methyl sites for hydroxylation is 2. The highest BCUT2D eigenvalue weighted by molar-refractivity contribution is 5.17. The fourth-order valence-electron chi connectivity index (χ4n) is 2.13. The van der Waals surface area contributed by atoms with Gasteiger partial charge in [0, 0.05) is 32.2 Å². The Kier molecular flexibility index (Phi) is 4.15. The third-order valence-corrected chi connectivity index (χ3v) is 3.10. The predicted molar refractivity (Wildman–Crippen MR) is 71.2 cm³/mol. The summed E-state index contributed by atoms with van der Waals surface area (Å²) in [5, 5.41) is 7.80. The van der Waals surface area contributed by atoms with Crippen molar-refractivity contribution < 1.29 is 0 Å². The second-order valence-electron chi connectivity index (χ2n) is 4.34. The highest BCUT2D eigenvalue weighted by Gasteiger charge is 2.20. The summed E-state index contributed by atoms with van der Waals surface area (Å²) in [5.74, 6) is 1.05. The largest absolute Gasteiger partial charge is 0.334 e. The molecule has 1 N–H and O–H groups in total. The summed E-state index contributed by atoms with van der Waals surface area (Å²) in [5.41, 5.74) is 1.14. The van der Waals surface area contributed by atoms with E-state index in [9.17, 15) is 0 Å². The van der Waals surface area contributed by atoms with Gasteiger partial charge in [-0.05, 0) is 26.0 Å². The molecule has 0 saturated carbocycles. The average molecular weight is 247 g/mol. The van der Waals surface area contributed by atoms with E-state index in [2.05, 4.69) is 33.8 Å².